The maximum absolute atomic E-state index is 5.92. The Kier molecular flexibility index (Phi) is 6.54. The average Bonchev–Trinajstić information content (AvgIpc) is 3.01. The van der Waals surface area contributed by atoms with E-state index in [1.807, 2.05) is 50.2 Å². The minimum Gasteiger partial charge on any atom is -0.489 e. The summed E-state index contributed by atoms with van der Waals surface area (Å²) in [6.07, 6.45) is 0.968. The second-order valence-corrected chi connectivity index (χ2v) is 7.08. The van der Waals surface area contributed by atoms with Crippen molar-refractivity contribution in [1.82, 2.24) is 10.5 Å². The molecular formula is C22H25ClN2O2. The lowest BCUT2D eigenvalue weighted by molar-refractivity contribution is 0.306. The predicted molar refractivity (Wildman–Crippen MR) is 108 cm³/mol. The molecule has 1 heterocycles. The highest BCUT2D eigenvalue weighted by molar-refractivity contribution is 6.30. The first-order valence-electron chi connectivity index (χ1n) is 9.19. The first-order chi connectivity index (χ1) is 13.1. The van der Waals surface area contributed by atoms with Crippen molar-refractivity contribution in [2.24, 2.45) is 0 Å². The fourth-order valence-corrected chi connectivity index (χ4v) is 3.30. The van der Waals surface area contributed by atoms with Gasteiger partial charge in [0.25, 0.3) is 0 Å². The van der Waals surface area contributed by atoms with Gasteiger partial charge in [-0.2, -0.15) is 0 Å². The molecule has 2 aromatic carbocycles. The number of aromatic nitrogens is 1. The van der Waals surface area contributed by atoms with E-state index in [9.17, 15) is 0 Å². The lowest BCUT2D eigenvalue weighted by atomic mass is 10.0. The van der Waals surface area contributed by atoms with Gasteiger partial charge in [-0.15, -0.1) is 0 Å². The molecular weight excluding hydrogens is 360 g/mol. The van der Waals surface area contributed by atoms with Gasteiger partial charge in [0.15, 0.2) is 0 Å². The van der Waals surface area contributed by atoms with Crippen LogP contribution in [-0.2, 0) is 13.2 Å². The van der Waals surface area contributed by atoms with Crippen LogP contribution in [0.2, 0.25) is 5.02 Å². The van der Waals surface area contributed by atoms with E-state index in [-0.39, 0.29) is 6.04 Å². The molecule has 0 spiro atoms. The summed E-state index contributed by atoms with van der Waals surface area (Å²) in [6.45, 7) is 7.38. The maximum Gasteiger partial charge on any atom is 0.138 e. The Morgan fingerprint density at radius 2 is 1.89 bits per heavy atom. The topological polar surface area (TPSA) is 47.3 Å². The molecule has 1 unspecified atom stereocenters. The van der Waals surface area contributed by atoms with E-state index in [4.69, 9.17) is 20.9 Å². The lowest BCUT2D eigenvalue weighted by Gasteiger charge is -2.17. The van der Waals surface area contributed by atoms with Crippen LogP contribution in [0.3, 0.4) is 0 Å². The number of hydrogen-bond acceptors (Lipinski definition) is 4. The van der Waals surface area contributed by atoms with Gasteiger partial charge in [0.2, 0.25) is 0 Å². The molecule has 0 saturated heterocycles. The fourth-order valence-electron chi connectivity index (χ4n) is 3.17. The molecule has 3 rings (SSSR count). The van der Waals surface area contributed by atoms with Crippen LogP contribution in [0, 0.1) is 13.8 Å². The van der Waals surface area contributed by atoms with Crippen LogP contribution in [0.5, 0.6) is 5.75 Å². The van der Waals surface area contributed by atoms with Crippen molar-refractivity contribution in [2.75, 3.05) is 0 Å². The van der Waals surface area contributed by atoms with E-state index < -0.39 is 0 Å². The van der Waals surface area contributed by atoms with E-state index in [1.165, 1.54) is 5.56 Å². The van der Waals surface area contributed by atoms with E-state index in [0.29, 0.717) is 6.61 Å². The summed E-state index contributed by atoms with van der Waals surface area (Å²) in [7, 11) is 0. The normalized spacial score (nSPS) is 12.1. The zero-order valence-electron chi connectivity index (χ0n) is 16.0. The van der Waals surface area contributed by atoms with Gasteiger partial charge in [-0.05, 0) is 55.7 Å². The third kappa shape index (κ3) is 5.12. The van der Waals surface area contributed by atoms with Gasteiger partial charge in [0, 0.05) is 23.2 Å². The third-order valence-corrected chi connectivity index (χ3v) is 4.87. The molecule has 0 aliphatic carbocycles. The highest BCUT2D eigenvalue weighted by atomic mass is 35.5. The molecule has 0 amide bonds. The summed E-state index contributed by atoms with van der Waals surface area (Å²) in [4.78, 5) is 0. The zero-order valence-corrected chi connectivity index (χ0v) is 16.7. The monoisotopic (exact) mass is 384 g/mol. The van der Waals surface area contributed by atoms with E-state index in [0.717, 1.165) is 46.3 Å². The minimum atomic E-state index is 0.217. The van der Waals surface area contributed by atoms with Crippen LogP contribution in [0.25, 0.3) is 0 Å². The number of nitrogens with one attached hydrogen (secondary N) is 1. The van der Waals surface area contributed by atoms with Crippen LogP contribution >= 0.6 is 11.6 Å². The molecule has 4 nitrogen and oxygen atoms in total. The van der Waals surface area contributed by atoms with Gasteiger partial charge in [0.1, 0.15) is 18.1 Å². The first-order valence-corrected chi connectivity index (χ1v) is 9.57. The highest BCUT2D eigenvalue weighted by Crippen LogP contribution is 2.25. The Morgan fingerprint density at radius 3 is 2.56 bits per heavy atom. The van der Waals surface area contributed by atoms with Crippen molar-refractivity contribution >= 4 is 11.6 Å². The molecule has 27 heavy (non-hydrogen) atoms. The number of nitrogens with zero attached hydrogens (tertiary/aromatic N) is 1. The SMILES string of the molecule is CCC(NCc1cccc(OCc2ccc(Cl)cc2)c1)c1c(C)noc1C. The van der Waals surface area contributed by atoms with Crippen molar-refractivity contribution in [3.05, 3.63) is 81.7 Å². The van der Waals surface area contributed by atoms with Gasteiger partial charge in [0.05, 0.1) is 5.69 Å². The number of hydrogen-bond donors (Lipinski definition) is 1. The van der Waals surface area contributed by atoms with Crippen LogP contribution in [-0.4, -0.2) is 5.16 Å². The van der Waals surface area contributed by atoms with Gasteiger partial charge >= 0.3 is 0 Å². The second-order valence-electron chi connectivity index (χ2n) is 6.64. The number of aryl methyl sites for hydroxylation is 2. The van der Waals surface area contributed by atoms with Crippen LogP contribution in [0.15, 0.2) is 53.1 Å². The second kappa shape index (κ2) is 9.07. The molecule has 1 N–H and O–H groups in total. The summed E-state index contributed by atoms with van der Waals surface area (Å²) in [5, 5.41) is 8.41. The molecule has 1 aromatic heterocycles. The Morgan fingerprint density at radius 1 is 1.11 bits per heavy atom. The molecule has 0 aliphatic heterocycles. The fraction of sp³-hybridized carbons (Fsp3) is 0.318. The first kappa shape index (κ1) is 19.5. The summed E-state index contributed by atoms with van der Waals surface area (Å²) in [6, 6.07) is 16.1. The summed E-state index contributed by atoms with van der Waals surface area (Å²) >= 11 is 5.92. The standard InChI is InChI=1S/C22H25ClN2O2/c1-4-21(22-15(2)25-27-16(22)3)24-13-18-6-5-7-20(12-18)26-14-17-8-10-19(23)11-9-17/h5-12,21,24H,4,13-14H2,1-3H3. The molecule has 3 aromatic rings. The van der Waals surface area contributed by atoms with Gasteiger partial charge in [-0.25, -0.2) is 0 Å². The van der Waals surface area contributed by atoms with Crippen molar-refractivity contribution in [3.8, 4) is 5.75 Å². The highest BCUT2D eigenvalue weighted by Gasteiger charge is 2.18. The molecule has 142 valence electrons. The molecule has 0 aliphatic rings. The minimum absolute atomic E-state index is 0.217. The van der Waals surface area contributed by atoms with E-state index in [1.54, 1.807) is 0 Å². The van der Waals surface area contributed by atoms with E-state index >= 15 is 0 Å². The van der Waals surface area contributed by atoms with Crippen LogP contribution in [0.4, 0.5) is 0 Å². The van der Waals surface area contributed by atoms with Crippen LogP contribution in [0.1, 0.15) is 47.5 Å². The lowest BCUT2D eigenvalue weighted by Crippen LogP contribution is -2.21. The number of benzene rings is 2. The maximum atomic E-state index is 5.92. The number of rotatable bonds is 8. The van der Waals surface area contributed by atoms with Gasteiger partial charge < -0.3 is 14.6 Å². The van der Waals surface area contributed by atoms with Crippen molar-refractivity contribution in [3.63, 3.8) is 0 Å². The molecule has 0 radical (unpaired) electrons. The third-order valence-electron chi connectivity index (χ3n) is 4.62. The van der Waals surface area contributed by atoms with E-state index in [2.05, 4.69) is 29.5 Å². The quantitative estimate of drug-likeness (QED) is 0.536. The predicted octanol–water partition coefficient (Wildman–Crippen LogP) is 5.76. The average molecular weight is 385 g/mol. The Balaban J connectivity index is 1.60. The number of halogens is 1. The smallest absolute Gasteiger partial charge is 0.138 e. The largest absolute Gasteiger partial charge is 0.489 e. The van der Waals surface area contributed by atoms with Crippen molar-refractivity contribution in [2.45, 2.75) is 46.4 Å². The molecule has 1 atom stereocenters. The molecule has 0 fully saturated rings. The van der Waals surface area contributed by atoms with Gasteiger partial charge in [-0.3, -0.25) is 0 Å². The molecule has 0 saturated carbocycles. The summed E-state index contributed by atoms with van der Waals surface area (Å²) < 4.78 is 11.2. The summed E-state index contributed by atoms with van der Waals surface area (Å²) in [5.74, 6) is 1.74. The number of ether oxygens (including phenoxy) is 1. The Bertz CT molecular complexity index is 855. The van der Waals surface area contributed by atoms with Crippen LogP contribution < -0.4 is 10.1 Å². The molecule has 0 bridgehead atoms. The summed E-state index contributed by atoms with van der Waals surface area (Å²) in [5.41, 5.74) is 4.38. The van der Waals surface area contributed by atoms with Crippen molar-refractivity contribution < 1.29 is 9.26 Å². The Labute approximate surface area is 165 Å². The van der Waals surface area contributed by atoms with Gasteiger partial charge in [-0.1, -0.05) is 47.9 Å². The zero-order chi connectivity index (χ0) is 19.2. The Hall–Kier alpha value is -2.30. The molecule has 5 heteroatoms. The van der Waals surface area contributed by atoms with Crippen molar-refractivity contribution in [1.29, 1.82) is 0 Å².